The first-order valence-corrected chi connectivity index (χ1v) is 6.04. The second-order valence-electron chi connectivity index (χ2n) is 2.93. The number of thiazole rings is 1. The molecule has 0 bridgehead atoms. The lowest BCUT2D eigenvalue weighted by molar-refractivity contribution is 0.178. The first kappa shape index (κ1) is 11.3. The van der Waals surface area contributed by atoms with Gasteiger partial charge < -0.3 is 10.3 Å². The van der Waals surface area contributed by atoms with Crippen LogP contribution in [0.15, 0.2) is 33.2 Å². The summed E-state index contributed by atoms with van der Waals surface area (Å²) >= 11 is 4.59. The maximum Gasteiger partial charge on any atom is 0.225 e. The highest BCUT2D eigenvalue weighted by Crippen LogP contribution is 2.17. The predicted molar refractivity (Wildman–Crippen MR) is 62.6 cm³/mol. The van der Waals surface area contributed by atoms with E-state index in [-0.39, 0.29) is 6.61 Å². The molecule has 0 atom stereocenters. The molecule has 0 saturated carbocycles. The minimum Gasteiger partial charge on any atom is -0.426 e. The van der Waals surface area contributed by atoms with Crippen LogP contribution < -0.4 is 4.80 Å². The summed E-state index contributed by atoms with van der Waals surface area (Å²) in [5, 5.41) is 20.1. The van der Waals surface area contributed by atoms with Gasteiger partial charge in [-0.05, 0) is 12.1 Å². The van der Waals surface area contributed by atoms with Gasteiger partial charge in [-0.15, -0.1) is 11.3 Å². The smallest absolute Gasteiger partial charge is 0.225 e. The zero-order chi connectivity index (χ0) is 11.5. The number of rotatable bonds is 2. The Kier molecular flexibility index (Phi) is 3.37. The molecule has 2 heterocycles. The van der Waals surface area contributed by atoms with Gasteiger partial charge in [-0.3, -0.25) is 0 Å². The molecule has 0 aliphatic heterocycles. The summed E-state index contributed by atoms with van der Waals surface area (Å²) in [6.45, 7) is -0.147. The van der Waals surface area contributed by atoms with Gasteiger partial charge in [-0.1, -0.05) is 15.9 Å². The summed E-state index contributed by atoms with van der Waals surface area (Å²) in [4.78, 5) is 8.68. The molecule has 0 spiro atoms. The third-order valence-corrected chi connectivity index (χ3v) is 2.98. The number of hydrogen-bond donors (Lipinski definition) is 2. The van der Waals surface area contributed by atoms with Crippen molar-refractivity contribution in [3.63, 3.8) is 0 Å². The first-order chi connectivity index (χ1) is 7.69. The molecule has 84 valence electrons. The van der Waals surface area contributed by atoms with Crippen LogP contribution in [0.5, 0.6) is 0 Å². The monoisotopic (exact) mass is 301 g/mol. The largest absolute Gasteiger partial charge is 0.426 e. The Labute approximate surface area is 103 Å². The van der Waals surface area contributed by atoms with Crippen LogP contribution in [-0.2, 0) is 6.61 Å². The molecule has 0 amide bonds. The molecule has 2 aromatic rings. The van der Waals surface area contributed by atoms with Gasteiger partial charge in [0.05, 0.1) is 18.5 Å². The van der Waals surface area contributed by atoms with Crippen molar-refractivity contribution in [2.24, 2.45) is 4.99 Å². The molecule has 2 aromatic heterocycles. The number of pyridine rings is 1. The molecule has 7 heteroatoms. The molecular weight excluding hydrogens is 294 g/mol. The number of halogens is 1. The van der Waals surface area contributed by atoms with Crippen LogP contribution in [0.3, 0.4) is 0 Å². The van der Waals surface area contributed by atoms with Gasteiger partial charge in [-0.2, -0.15) is 9.72 Å². The van der Waals surface area contributed by atoms with E-state index in [9.17, 15) is 5.21 Å². The fourth-order valence-corrected chi connectivity index (χ4v) is 2.20. The van der Waals surface area contributed by atoms with Gasteiger partial charge in [0, 0.05) is 9.85 Å². The molecule has 0 aliphatic rings. The van der Waals surface area contributed by atoms with Gasteiger partial charge >= 0.3 is 0 Å². The van der Waals surface area contributed by atoms with Crippen LogP contribution in [0.1, 0.15) is 5.69 Å². The lowest BCUT2D eigenvalue weighted by Crippen LogP contribution is -2.09. The van der Waals surface area contributed by atoms with E-state index in [0.717, 1.165) is 9.20 Å². The van der Waals surface area contributed by atoms with Crippen molar-refractivity contribution in [2.45, 2.75) is 6.61 Å². The Morgan fingerprint density at radius 3 is 2.94 bits per heavy atom. The lowest BCUT2D eigenvalue weighted by atomic mass is 10.3. The molecule has 16 heavy (non-hydrogen) atoms. The zero-order valence-corrected chi connectivity index (χ0v) is 10.4. The Balaban J connectivity index is 2.50. The zero-order valence-electron chi connectivity index (χ0n) is 8.04. The third kappa shape index (κ3) is 2.49. The standard InChI is InChI=1S/C9H8BrN3O2S/c10-6-3-7(5-14)11-8(4-6)12-9-13(15)1-2-16-9/h1-4,14-15H,5H2/b12-9-. The second-order valence-corrected chi connectivity index (χ2v) is 4.72. The van der Waals surface area contributed by atoms with E-state index in [1.54, 1.807) is 17.5 Å². The Bertz CT molecular complexity index is 564. The van der Waals surface area contributed by atoms with E-state index in [0.29, 0.717) is 16.3 Å². The highest BCUT2D eigenvalue weighted by molar-refractivity contribution is 9.10. The Morgan fingerprint density at radius 2 is 2.31 bits per heavy atom. The van der Waals surface area contributed by atoms with E-state index in [1.807, 2.05) is 0 Å². The maximum atomic E-state index is 9.35. The van der Waals surface area contributed by atoms with Crippen LogP contribution in [0.2, 0.25) is 0 Å². The van der Waals surface area contributed by atoms with E-state index < -0.39 is 0 Å². The molecule has 0 aliphatic carbocycles. The van der Waals surface area contributed by atoms with Gasteiger partial charge in [0.2, 0.25) is 4.80 Å². The van der Waals surface area contributed by atoms with Crippen molar-refractivity contribution >= 4 is 33.1 Å². The van der Waals surface area contributed by atoms with Gasteiger partial charge in [0.25, 0.3) is 0 Å². The van der Waals surface area contributed by atoms with Crippen LogP contribution >= 0.6 is 27.3 Å². The number of aliphatic hydroxyl groups excluding tert-OH is 1. The van der Waals surface area contributed by atoms with Crippen molar-refractivity contribution in [2.75, 3.05) is 0 Å². The van der Waals surface area contributed by atoms with Crippen LogP contribution in [-0.4, -0.2) is 20.0 Å². The SMILES string of the molecule is OCc1cc(Br)cc(/N=c2\sccn2O)n1. The summed E-state index contributed by atoms with van der Waals surface area (Å²) in [6.07, 6.45) is 1.49. The Morgan fingerprint density at radius 1 is 1.50 bits per heavy atom. The Hall–Kier alpha value is -1.18. The minimum absolute atomic E-state index is 0.147. The van der Waals surface area contributed by atoms with Crippen LogP contribution in [0.4, 0.5) is 5.82 Å². The molecule has 5 nitrogen and oxygen atoms in total. The van der Waals surface area contributed by atoms with Crippen molar-refractivity contribution in [3.8, 4) is 0 Å². The summed E-state index contributed by atoms with van der Waals surface area (Å²) in [7, 11) is 0. The van der Waals surface area contributed by atoms with Crippen molar-refractivity contribution in [1.29, 1.82) is 0 Å². The van der Waals surface area contributed by atoms with E-state index in [1.165, 1.54) is 17.5 Å². The van der Waals surface area contributed by atoms with Crippen LogP contribution in [0, 0.1) is 0 Å². The third-order valence-electron chi connectivity index (χ3n) is 1.77. The summed E-state index contributed by atoms with van der Waals surface area (Å²) in [5.74, 6) is 0.434. The maximum absolute atomic E-state index is 9.35. The minimum atomic E-state index is -0.147. The summed E-state index contributed by atoms with van der Waals surface area (Å²) in [5.41, 5.74) is 0.522. The van der Waals surface area contributed by atoms with E-state index in [4.69, 9.17) is 5.11 Å². The number of aromatic nitrogens is 2. The molecule has 0 fully saturated rings. The fraction of sp³-hybridized carbons (Fsp3) is 0.111. The van der Waals surface area contributed by atoms with Gasteiger partial charge in [0.15, 0.2) is 5.82 Å². The van der Waals surface area contributed by atoms with Gasteiger partial charge in [0.1, 0.15) is 0 Å². The van der Waals surface area contributed by atoms with Crippen LogP contribution in [0.25, 0.3) is 0 Å². The molecule has 0 saturated heterocycles. The average Bonchev–Trinajstić information content (AvgIpc) is 2.63. The highest BCUT2D eigenvalue weighted by atomic mass is 79.9. The molecule has 2 rings (SSSR count). The quantitative estimate of drug-likeness (QED) is 0.829. The number of nitrogens with zero attached hydrogens (tertiary/aromatic N) is 3. The first-order valence-electron chi connectivity index (χ1n) is 4.36. The summed E-state index contributed by atoms with van der Waals surface area (Å²) < 4.78 is 1.71. The number of hydrogen-bond acceptors (Lipinski definition) is 5. The van der Waals surface area contributed by atoms with Crippen molar-refractivity contribution in [3.05, 3.63) is 38.7 Å². The molecular formula is C9H8BrN3O2S. The van der Waals surface area contributed by atoms with E-state index in [2.05, 4.69) is 25.9 Å². The molecule has 0 radical (unpaired) electrons. The highest BCUT2D eigenvalue weighted by Gasteiger charge is 2.00. The average molecular weight is 302 g/mol. The normalized spacial score (nSPS) is 12.0. The van der Waals surface area contributed by atoms with Gasteiger partial charge in [-0.25, -0.2) is 4.98 Å². The lowest BCUT2D eigenvalue weighted by Gasteiger charge is -1.99. The molecule has 0 unspecified atom stereocenters. The second kappa shape index (κ2) is 4.77. The van der Waals surface area contributed by atoms with Crippen molar-refractivity contribution < 1.29 is 10.3 Å². The fourth-order valence-electron chi connectivity index (χ4n) is 1.12. The topological polar surface area (TPSA) is 70.6 Å². The molecule has 2 N–H and O–H groups in total. The predicted octanol–water partition coefficient (Wildman–Crippen LogP) is 1.67. The molecule has 0 aromatic carbocycles. The van der Waals surface area contributed by atoms with Crippen molar-refractivity contribution in [1.82, 2.24) is 9.71 Å². The van der Waals surface area contributed by atoms with E-state index >= 15 is 0 Å². The summed E-state index contributed by atoms with van der Waals surface area (Å²) in [6, 6.07) is 3.42. The number of aliphatic hydroxyl groups is 1.